The summed E-state index contributed by atoms with van der Waals surface area (Å²) in [5.74, 6) is 0. The minimum atomic E-state index is 0.192. The molecule has 2 nitrogen and oxygen atoms in total. The van der Waals surface area contributed by atoms with Crippen molar-refractivity contribution >= 4 is 11.3 Å². The van der Waals surface area contributed by atoms with Crippen molar-refractivity contribution in [2.45, 2.75) is 26.2 Å². The molecule has 1 aromatic heterocycles. The summed E-state index contributed by atoms with van der Waals surface area (Å²) in [7, 11) is 0. The van der Waals surface area contributed by atoms with Gasteiger partial charge in [-0.25, -0.2) is 0 Å². The molecule has 0 bridgehead atoms. The monoisotopic (exact) mass is 198 g/mol. The van der Waals surface area contributed by atoms with Crippen LogP contribution < -0.4 is 11.1 Å². The Hall–Kier alpha value is -0.380. The summed E-state index contributed by atoms with van der Waals surface area (Å²) in [5.41, 5.74) is 6.99. The largest absolute Gasteiger partial charge is 0.318 e. The fourth-order valence-corrected chi connectivity index (χ4v) is 2.58. The van der Waals surface area contributed by atoms with Crippen molar-refractivity contribution in [3.63, 3.8) is 0 Å². The van der Waals surface area contributed by atoms with E-state index >= 15 is 0 Å². The first-order chi connectivity index (χ1) is 6.08. The van der Waals surface area contributed by atoms with Gasteiger partial charge in [0.05, 0.1) is 0 Å². The van der Waals surface area contributed by atoms with Gasteiger partial charge in [0.25, 0.3) is 0 Å². The maximum atomic E-state index is 5.42. The Morgan fingerprint density at radius 3 is 2.69 bits per heavy atom. The van der Waals surface area contributed by atoms with Gasteiger partial charge in [-0.3, -0.25) is 0 Å². The summed E-state index contributed by atoms with van der Waals surface area (Å²) in [4.78, 5) is 1.45. The van der Waals surface area contributed by atoms with Gasteiger partial charge in [0.15, 0.2) is 0 Å². The zero-order chi connectivity index (χ0) is 9.90. The molecule has 74 valence electrons. The average Bonchev–Trinajstić information content (AvgIpc) is 2.48. The van der Waals surface area contributed by atoms with Crippen molar-refractivity contribution < 1.29 is 0 Å². The van der Waals surface area contributed by atoms with E-state index in [0.717, 1.165) is 6.54 Å². The van der Waals surface area contributed by atoms with Crippen LogP contribution in [0.2, 0.25) is 0 Å². The van der Waals surface area contributed by atoms with Crippen molar-refractivity contribution in [3.8, 4) is 0 Å². The molecule has 0 atom stereocenters. The van der Waals surface area contributed by atoms with Crippen molar-refractivity contribution in [1.29, 1.82) is 0 Å². The number of rotatable bonds is 4. The molecular formula is C10H18N2S. The van der Waals surface area contributed by atoms with Crippen molar-refractivity contribution in [2.24, 2.45) is 5.73 Å². The number of thiophene rings is 1. The van der Waals surface area contributed by atoms with E-state index in [9.17, 15) is 0 Å². The lowest BCUT2D eigenvalue weighted by Gasteiger charge is -2.24. The van der Waals surface area contributed by atoms with Gasteiger partial charge < -0.3 is 11.1 Å². The molecule has 13 heavy (non-hydrogen) atoms. The van der Waals surface area contributed by atoms with Gasteiger partial charge in [0.2, 0.25) is 0 Å². The molecular weight excluding hydrogens is 180 g/mol. The molecule has 1 rings (SSSR count). The molecule has 0 aromatic carbocycles. The minimum Gasteiger partial charge on any atom is -0.318 e. The lowest BCUT2D eigenvalue weighted by atomic mass is 9.89. The minimum absolute atomic E-state index is 0.192. The number of aryl methyl sites for hydroxylation is 1. The van der Waals surface area contributed by atoms with Crippen molar-refractivity contribution in [2.75, 3.05) is 13.2 Å². The number of hydrogen-bond acceptors (Lipinski definition) is 3. The summed E-state index contributed by atoms with van der Waals surface area (Å²) in [5, 5.41) is 5.34. The molecule has 0 saturated carbocycles. The summed E-state index contributed by atoms with van der Waals surface area (Å²) in [6.07, 6.45) is 0. The van der Waals surface area contributed by atoms with Crippen LogP contribution >= 0.6 is 11.3 Å². The highest BCUT2D eigenvalue weighted by Crippen LogP contribution is 2.30. The molecule has 3 N–H and O–H groups in total. The molecule has 0 aliphatic carbocycles. The third kappa shape index (κ3) is 2.53. The van der Waals surface area contributed by atoms with E-state index in [1.807, 2.05) is 11.3 Å². The van der Waals surface area contributed by atoms with Gasteiger partial charge in [-0.2, -0.15) is 0 Å². The lowest BCUT2D eigenvalue weighted by Crippen LogP contribution is -2.35. The maximum Gasteiger partial charge on any atom is 0.0429 e. The van der Waals surface area contributed by atoms with Gasteiger partial charge in [-0.05, 0) is 23.9 Å². The number of nitrogens with two attached hydrogens (primary N) is 1. The summed E-state index contributed by atoms with van der Waals surface area (Å²) in [6.45, 7) is 8.14. The Morgan fingerprint density at radius 1 is 1.54 bits per heavy atom. The highest BCUT2D eigenvalue weighted by Gasteiger charge is 2.22. The average molecular weight is 198 g/mol. The van der Waals surface area contributed by atoms with E-state index in [4.69, 9.17) is 5.73 Å². The predicted molar refractivity (Wildman–Crippen MR) is 59.1 cm³/mol. The second kappa shape index (κ2) is 4.22. The van der Waals surface area contributed by atoms with E-state index in [-0.39, 0.29) is 5.41 Å². The van der Waals surface area contributed by atoms with E-state index in [1.54, 1.807) is 0 Å². The Kier molecular flexibility index (Phi) is 3.47. The standard InChI is InChI=1S/C10H18N2S/c1-8-4-5-13-9(8)10(2,3)6-12-7-11/h4-5,12H,6-7,11H2,1-3H3. The normalized spacial score (nSPS) is 12.0. The topological polar surface area (TPSA) is 38.0 Å². The Balaban J connectivity index is 2.74. The molecule has 0 unspecified atom stereocenters. The second-order valence-corrected chi connectivity index (χ2v) is 4.86. The molecule has 3 heteroatoms. The zero-order valence-electron chi connectivity index (χ0n) is 8.55. The van der Waals surface area contributed by atoms with Crippen LogP contribution in [0.1, 0.15) is 24.3 Å². The third-order valence-corrected chi connectivity index (χ3v) is 3.57. The fourth-order valence-electron chi connectivity index (χ4n) is 1.53. The SMILES string of the molecule is Cc1ccsc1C(C)(C)CNCN. The maximum absolute atomic E-state index is 5.42. The summed E-state index contributed by atoms with van der Waals surface area (Å²) in [6, 6.07) is 2.17. The molecule has 0 radical (unpaired) electrons. The van der Waals surface area contributed by atoms with Crippen LogP contribution in [-0.2, 0) is 5.41 Å². The Morgan fingerprint density at radius 2 is 2.23 bits per heavy atom. The Labute approximate surface area is 84.2 Å². The summed E-state index contributed by atoms with van der Waals surface area (Å²) >= 11 is 1.83. The van der Waals surface area contributed by atoms with Crippen LogP contribution in [0.25, 0.3) is 0 Å². The van der Waals surface area contributed by atoms with Gasteiger partial charge >= 0.3 is 0 Å². The quantitative estimate of drug-likeness (QED) is 0.725. The first-order valence-electron chi connectivity index (χ1n) is 4.53. The van der Waals surface area contributed by atoms with E-state index < -0.39 is 0 Å². The molecule has 0 aliphatic heterocycles. The van der Waals surface area contributed by atoms with E-state index in [1.165, 1.54) is 10.4 Å². The van der Waals surface area contributed by atoms with E-state index in [2.05, 4.69) is 37.5 Å². The van der Waals surface area contributed by atoms with Gasteiger partial charge in [-0.1, -0.05) is 13.8 Å². The van der Waals surface area contributed by atoms with Crippen LogP contribution in [0, 0.1) is 6.92 Å². The summed E-state index contributed by atoms with van der Waals surface area (Å²) < 4.78 is 0. The first kappa shape index (κ1) is 10.7. The molecule has 0 aliphatic rings. The molecule has 0 fully saturated rings. The predicted octanol–water partition coefficient (Wildman–Crippen LogP) is 1.84. The molecule has 0 amide bonds. The van der Waals surface area contributed by atoms with Gasteiger partial charge in [0.1, 0.15) is 0 Å². The van der Waals surface area contributed by atoms with E-state index in [0.29, 0.717) is 6.67 Å². The van der Waals surface area contributed by atoms with Gasteiger partial charge in [-0.15, -0.1) is 11.3 Å². The lowest BCUT2D eigenvalue weighted by molar-refractivity contribution is 0.480. The van der Waals surface area contributed by atoms with Crippen LogP contribution in [-0.4, -0.2) is 13.2 Å². The number of hydrogen-bond donors (Lipinski definition) is 2. The van der Waals surface area contributed by atoms with Crippen LogP contribution in [0.4, 0.5) is 0 Å². The van der Waals surface area contributed by atoms with Crippen LogP contribution in [0.5, 0.6) is 0 Å². The molecule has 0 saturated heterocycles. The first-order valence-corrected chi connectivity index (χ1v) is 5.41. The van der Waals surface area contributed by atoms with Crippen LogP contribution in [0.15, 0.2) is 11.4 Å². The molecule has 0 spiro atoms. The fraction of sp³-hybridized carbons (Fsp3) is 0.600. The van der Waals surface area contributed by atoms with Gasteiger partial charge in [0, 0.05) is 23.5 Å². The Bertz CT molecular complexity index is 266. The highest BCUT2D eigenvalue weighted by atomic mass is 32.1. The number of nitrogens with one attached hydrogen (secondary N) is 1. The van der Waals surface area contributed by atoms with Crippen molar-refractivity contribution in [1.82, 2.24) is 5.32 Å². The molecule has 1 aromatic rings. The van der Waals surface area contributed by atoms with Crippen molar-refractivity contribution in [3.05, 3.63) is 21.9 Å². The second-order valence-electron chi connectivity index (χ2n) is 3.95. The molecule has 1 heterocycles. The zero-order valence-corrected chi connectivity index (χ0v) is 9.37. The smallest absolute Gasteiger partial charge is 0.0429 e. The third-order valence-electron chi connectivity index (χ3n) is 2.19. The van der Waals surface area contributed by atoms with Crippen LogP contribution in [0.3, 0.4) is 0 Å². The highest BCUT2D eigenvalue weighted by molar-refractivity contribution is 7.10.